The number of sulfonamides is 2. The number of halogens is 9. The zero-order valence-electron chi connectivity index (χ0n) is 14.7. The largest absolute Gasteiger partial charge is 1.00 e. The topological polar surface area (TPSA) is 141 Å². The van der Waals surface area contributed by atoms with Gasteiger partial charge in [0.2, 0.25) is 0 Å². The SMILES string of the molecule is O=S(=O)(N=S(=O)([N-]S(=O)(=NS(=O)(=O)C(F)(F)F)C(F)(F)F)c1ccccc1)C(F)(F)F.[K+]. The minimum Gasteiger partial charge on any atom is -0.458 e. The third kappa shape index (κ3) is 7.24. The number of hydrogen-bond acceptors (Lipinski definition) is 6. The Morgan fingerprint density at radius 1 is 0.625 bits per heavy atom. The van der Waals surface area contributed by atoms with E-state index < -0.39 is 61.3 Å². The van der Waals surface area contributed by atoms with Crippen LogP contribution in [0.3, 0.4) is 0 Å². The van der Waals surface area contributed by atoms with E-state index in [1.807, 2.05) is 0 Å². The van der Waals surface area contributed by atoms with Gasteiger partial charge in [0.15, 0.2) is 0 Å². The maximum Gasteiger partial charge on any atom is 1.00 e. The first-order chi connectivity index (χ1) is 13.5. The molecule has 0 aromatic heterocycles. The Morgan fingerprint density at radius 3 is 1.34 bits per heavy atom. The van der Waals surface area contributed by atoms with E-state index in [2.05, 4.69) is 0 Å². The van der Waals surface area contributed by atoms with E-state index in [1.165, 1.54) is 0 Å². The van der Waals surface area contributed by atoms with Crippen LogP contribution in [0.2, 0.25) is 0 Å². The van der Waals surface area contributed by atoms with Crippen LogP contribution in [-0.4, -0.2) is 41.8 Å². The van der Waals surface area contributed by atoms with E-state index in [0.29, 0.717) is 12.1 Å². The molecule has 0 aliphatic rings. The molecule has 0 amide bonds. The first-order valence-corrected chi connectivity index (χ1v) is 12.3. The van der Waals surface area contributed by atoms with E-state index in [-0.39, 0.29) is 51.4 Å². The van der Waals surface area contributed by atoms with E-state index in [0.717, 1.165) is 22.0 Å². The van der Waals surface area contributed by atoms with Crippen molar-refractivity contribution in [3.63, 3.8) is 0 Å². The van der Waals surface area contributed by atoms with E-state index in [1.54, 1.807) is 7.90 Å². The maximum atomic E-state index is 13.1. The van der Waals surface area contributed by atoms with E-state index in [9.17, 15) is 64.8 Å². The van der Waals surface area contributed by atoms with Gasteiger partial charge in [-0.1, -0.05) is 18.2 Å². The van der Waals surface area contributed by atoms with Crippen molar-refractivity contribution in [3.05, 3.63) is 34.5 Å². The molecule has 2 atom stereocenters. The average molecular weight is 590 g/mol. The molecule has 0 spiro atoms. The van der Waals surface area contributed by atoms with Crippen molar-refractivity contribution in [1.29, 1.82) is 0 Å². The molecule has 1 aromatic carbocycles. The van der Waals surface area contributed by atoms with Gasteiger partial charge < -0.3 is 4.13 Å². The normalized spacial score (nSPS) is 17.4. The Labute approximate surface area is 217 Å². The van der Waals surface area contributed by atoms with Crippen LogP contribution in [0.1, 0.15) is 0 Å². The second kappa shape index (κ2) is 9.92. The second-order valence-electron chi connectivity index (χ2n) is 4.82. The standard InChI is InChI=1S/C9H5F9N3O6S4.K/c10-7(11,12)29(23,21-31(26,27)9(16,17)18)19-28(22,6-4-2-1-3-5-6)20-30(24,25)8(13,14)15;/h1-5H;/q-1;+1. The molecule has 0 aliphatic carbocycles. The number of hydrogen-bond donors (Lipinski definition) is 0. The molecule has 1 aromatic rings. The summed E-state index contributed by atoms with van der Waals surface area (Å²) in [5.74, 6) is 0. The van der Waals surface area contributed by atoms with Gasteiger partial charge in [0.25, 0.3) is 0 Å². The summed E-state index contributed by atoms with van der Waals surface area (Å²) in [6, 6.07) is 3.26. The van der Waals surface area contributed by atoms with Gasteiger partial charge in [-0.15, -0.1) is 7.54 Å². The molecule has 0 heterocycles. The predicted octanol–water partition coefficient (Wildman–Crippen LogP) is 0.408. The molecule has 1 rings (SSSR count). The summed E-state index contributed by atoms with van der Waals surface area (Å²) < 4.78 is 187. The summed E-state index contributed by atoms with van der Waals surface area (Å²) in [6.45, 7) is 0. The second-order valence-corrected chi connectivity index (χ2v) is 12.4. The van der Waals surface area contributed by atoms with Crippen LogP contribution in [0.5, 0.6) is 0 Å². The van der Waals surface area contributed by atoms with E-state index >= 15 is 0 Å². The molecule has 32 heavy (non-hydrogen) atoms. The van der Waals surface area contributed by atoms with Crippen molar-refractivity contribution < 1.29 is 116 Å². The first kappa shape index (κ1) is 32.0. The van der Waals surface area contributed by atoms with Crippen molar-refractivity contribution in [2.75, 3.05) is 0 Å². The van der Waals surface area contributed by atoms with Crippen LogP contribution < -0.4 is 51.4 Å². The molecule has 0 N–H and O–H groups in total. The van der Waals surface area contributed by atoms with Crippen LogP contribution >= 0.6 is 0 Å². The molecule has 0 bridgehead atoms. The molecule has 180 valence electrons. The minimum atomic E-state index is -7.27. The predicted molar refractivity (Wildman–Crippen MR) is 85.2 cm³/mol. The third-order valence-corrected chi connectivity index (χ3v) is 10.00. The van der Waals surface area contributed by atoms with Crippen LogP contribution in [-0.2, 0) is 39.9 Å². The summed E-state index contributed by atoms with van der Waals surface area (Å²) in [4.78, 5) is -1.40. The Hall–Kier alpha value is -0.0136. The fraction of sp³-hybridized carbons (Fsp3) is 0.333. The Morgan fingerprint density at radius 2 is 1.00 bits per heavy atom. The van der Waals surface area contributed by atoms with Gasteiger partial charge in [-0.05, 0) is 12.1 Å². The van der Waals surface area contributed by atoms with Gasteiger partial charge in [-0.3, -0.25) is 8.42 Å². The molecule has 0 saturated heterocycles. The monoisotopic (exact) mass is 589 g/mol. The molecule has 2 unspecified atom stereocenters. The summed E-state index contributed by atoms with van der Waals surface area (Å²) >= 11 is 0. The van der Waals surface area contributed by atoms with Crippen molar-refractivity contribution in [3.8, 4) is 0 Å². The number of rotatable bonds is 5. The van der Waals surface area contributed by atoms with Crippen molar-refractivity contribution >= 4 is 39.9 Å². The van der Waals surface area contributed by atoms with Crippen LogP contribution in [0, 0.1) is 0 Å². The average Bonchev–Trinajstić information content (AvgIpc) is 2.51. The molecule has 23 heteroatoms. The molecule has 0 saturated carbocycles. The zero-order chi connectivity index (χ0) is 24.7. The molecule has 0 fully saturated rings. The van der Waals surface area contributed by atoms with E-state index in [4.69, 9.17) is 0 Å². The van der Waals surface area contributed by atoms with Crippen molar-refractivity contribution in [2.24, 2.45) is 7.54 Å². The molecular formula is C9H5F9KN3O6S4. The minimum absolute atomic E-state index is 0. The van der Waals surface area contributed by atoms with Gasteiger partial charge in [0.1, 0.15) is 0 Å². The molecule has 9 nitrogen and oxygen atoms in total. The quantitative estimate of drug-likeness (QED) is 0.360. The van der Waals surface area contributed by atoms with Gasteiger partial charge >= 0.3 is 88.0 Å². The molecule has 0 radical (unpaired) electrons. The summed E-state index contributed by atoms with van der Waals surface area (Å²) in [7, 11) is -27.5. The summed E-state index contributed by atoms with van der Waals surface area (Å²) in [6.07, 6.45) is 0. The number of alkyl halides is 9. The summed E-state index contributed by atoms with van der Waals surface area (Å²) in [5.41, 5.74) is -19.6. The smallest absolute Gasteiger partial charge is 0.458 e. The fourth-order valence-electron chi connectivity index (χ4n) is 1.28. The van der Waals surface area contributed by atoms with Gasteiger partial charge in [-0.2, -0.15) is 56.3 Å². The fourth-order valence-corrected chi connectivity index (χ4v) is 7.77. The number of benzene rings is 1. The third-order valence-electron chi connectivity index (χ3n) is 2.54. The zero-order valence-corrected chi connectivity index (χ0v) is 21.1. The number of nitrogens with zero attached hydrogens (tertiary/aromatic N) is 3. The van der Waals surface area contributed by atoms with Crippen LogP contribution in [0.25, 0.3) is 4.13 Å². The Balaban J connectivity index is 0.00000961. The first-order valence-electron chi connectivity index (χ1n) is 6.52. The van der Waals surface area contributed by atoms with Gasteiger partial charge in [-0.25, -0.2) is 0 Å². The van der Waals surface area contributed by atoms with Crippen molar-refractivity contribution in [2.45, 2.75) is 21.4 Å². The molecular weight excluding hydrogens is 584 g/mol. The Kier molecular flexibility index (Phi) is 9.92. The maximum absolute atomic E-state index is 13.1. The summed E-state index contributed by atoms with van der Waals surface area (Å²) in [5, 5.41) is 0. The van der Waals surface area contributed by atoms with Gasteiger partial charge in [0, 0.05) is 14.8 Å². The van der Waals surface area contributed by atoms with Crippen LogP contribution in [0.15, 0.2) is 42.8 Å². The van der Waals surface area contributed by atoms with Crippen LogP contribution in [0.4, 0.5) is 39.5 Å². The Bertz CT molecular complexity index is 1290. The van der Waals surface area contributed by atoms with Crippen molar-refractivity contribution in [1.82, 2.24) is 0 Å². The molecule has 0 aliphatic heterocycles. The van der Waals surface area contributed by atoms with Gasteiger partial charge in [0.05, 0.1) is 9.92 Å².